The molecule has 1 aliphatic rings. The Bertz CT molecular complexity index is 692. The van der Waals surface area contributed by atoms with E-state index in [-0.39, 0.29) is 12.5 Å². The van der Waals surface area contributed by atoms with Crippen LogP contribution in [-0.2, 0) is 0 Å². The molecule has 3 heterocycles. The SMILES string of the molecule is Cc1ccc(C(=O)NC[C@@]2(O)CCCN(c3ncccn3)C2)cn1. The molecule has 0 saturated carbocycles. The fraction of sp³-hybridized carbons (Fsp3) is 0.412. The van der Waals surface area contributed by atoms with Gasteiger partial charge in [0, 0.05) is 37.4 Å². The highest BCUT2D eigenvalue weighted by Gasteiger charge is 2.34. The largest absolute Gasteiger partial charge is 0.386 e. The van der Waals surface area contributed by atoms with Crippen molar-refractivity contribution in [3.8, 4) is 0 Å². The Morgan fingerprint density at radius 3 is 2.83 bits per heavy atom. The van der Waals surface area contributed by atoms with Gasteiger partial charge in [0.1, 0.15) is 0 Å². The maximum absolute atomic E-state index is 12.2. The van der Waals surface area contributed by atoms with Crippen molar-refractivity contribution in [2.24, 2.45) is 0 Å². The van der Waals surface area contributed by atoms with Gasteiger partial charge >= 0.3 is 0 Å². The minimum atomic E-state index is -0.995. The number of hydrogen-bond acceptors (Lipinski definition) is 6. The van der Waals surface area contributed by atoms with Crippen LogP contribution >= 0.6 is 0 Å². The average molecular weight is 327 g/mol. The number of aliphatic hydroxyl groups is 1. The van der Waals surface area contributed by atoms with Crippen LogP contribution in [0.1, 0.15) is 28.9 Å². The van der Waals surface area contributed by atoms with Crippen molar-refractivity contribution in [3.05, 3.63) is 48.0 Å². The number of piperidine rings is 1. The van der Waals surface area contributed by atoms with Gasteiger partial charge in [-0.1, -0.05) is 0 Å². The minimum Gasteiger partial charge on any atom is -0.386 e. The number of nitrogens with one attached hydrogen (secondary N) is 1. The molecule has 0 unspecified atom stereocenters. The third-order valence-electron chi connectivity index (χ3n) is 4.14. The Hall–Kier alpha value is -2.54. The number of aromatic nitrogens is 3. The summed E-state index contributed by atoms with van der Waals surface area (Å²) in [6, 6.07) is 5.28. The Morgan fingerprint density at radius 1 is 1.33 bits per heavy atom. The van der Waals surface area contributed by atoms with E-state index in [0.717, 1.165) is 18.7 Å². The summed E-state index contributed by atoms with van der Waals surface area (Å²) < 4.78 is 0. The molecule has 3 rings (SSSR count). The first-order valence-electron chi connectivity index (χ1n) is 8.01. The van der Waals surface area contributed by atoms with Gasteiger partial charge in [-0.15, -0.1) is 0 Å². The van der Waals surface area contributed by atoms with Crippen LogP contribution in [0.2, 0.25) is 0 Å². The van der Waals surface area contributed by atoms with Gasteiger partial charge in [-0.2, -0.15) is 0 Å². The van der Waals surface area contributed by atoms with Gasteiger partial charge in [-0.25, -0.2) is 9.97 Å². The van der Waals surface area contributed by atoms with Crippen LogP contribution < -0.4 is 10.2 Å². The fourth-order valence-corrected chi connectivity index (χ4v) is 2.83. The molecule has 0 radical (unpaired) electrons. The molecule has 1 saturated heterocycles. The van der Waals surface area contributed by atoms with Crippen molar-refractivity contribution in [2.45, 2.75) is 25.4 Å². The van der Waals surface area contributed by atoms with Crippen molar-refractivity contribution in [1.82, 2.24) is 20.3 Å². The summed E-state index contributed by atoms with van der Waals surface area (Å²) >= 11 is 0. The Kier molecular flexibility index (Phi) is 4.71. The molecule has 7 nitrogen and oxygen atoms in total. The molecule has 0 spiro atoms. The number of rotatable bonds is 4. The molecule has 1 fully saturated rings. The van der Waals surface area contributed by atoms with E-state index in [9.17, 15) is 9.90 Å². The molecular weight excluding hydrogens is 306 g/mol. The Balaban J connectivity index is 1.61. The normalized spacial score (nSPS) is 20.7. The Labute approximate surface area is 140 Å². The summed E-state index contributed by atoms with van der Waals surface area (Å²) in [7, 11) is 0. The quantitative estimate of drug-likeness (QED) is 0.868. The monoisotopic (exact) mass is 327 g/mol. The molecule has 2 aromatic heterocycles. The van der Waals surface area contributed by atoms with E-state index in [1.807, 2.05) is 11.8 Å². The van der Waals surface area contributed by atoms with Crippen molar-refractivity contribution >= 4 is 11.9 Å². The number of pyridine rings is 1. The lowest BCUT2D eigenvalue weighted by molar-refractivity contribution is 0.0252. The van der Waals surface area contributed by atoms with E-state index in [1.54, 1.807) is 36.8 Å². The lowest BCUT2D eigenvalue weighted by atomic mass is 9.93. The molecule has 24 heavy (non-hydrogen) atoms. The van der Waals surface area contributed by atoms with E-state index in [4.69, 9.17) is 0 Å². The number of carbonyl (C=O) groups is 1. The minimum absolute atomic E-state index is 0.184. The van der Waals surface area contributed by atoms with Gasteiger partial charge < -0.3 is 15.3 Å². The van der Waals surface area contributed by atoms with Crippen LogP contribution in [-0.4, -0.2) is 51.2 Å². The van der Waals surface area contributed by atoms with E-state index >= 15 is 0 Å². The van der Waals surface area contributed by atoms with Crippen LogP contribution in [0.4, 0.5) is 5.95 Å². The molecular formula is C17H21N5O2. The number of amides is 1. The van der Waals surface area contributed by atoms with Crippen LogP contribution in [0.3, 0.4) is 0 Å². The first-order valence-corrected chi connectivity index (χ1v) is 8.01. The molecule has 126 valence electrons. The highest BCUT2D eigenvalue weighted by molar-refractivity contribution is 5.93. The molecule has 1 atom stereocenters. The summed E-state index contributed by atoms with van der Waals surface area (Å²) in [5.41, 5.74) is 0.352. The molecule has 0 aromatic carbocycles. The first kappa shape index (κ1) is 16.3. The molecule has 1 aliphatic heterocycles. The summed E-state index contributed by atoms with van der Waals surface area (Å²) in [5.74, 6) is 0.369. The third-order valence-corrected chi connectivity index (χ3v) is 4.14. The summed E-state index contributed by atoms with van der Waals surface area (Å²) in [4.78, 5) is 26.7. The van der Waals surface area contributed by atoms with Gasteiger partial charge in [0.05, 0.1) is 17.7 Å². The molecule has 2 aromatic rings. The molecule has 0 aliphatic carbocycles. The van der Waals surface area contributed by atoms with Crippen LogP contribution in [0.15, 0.2) is 36.8 Å². The first-order chi connectivity index (χ1) is 11.6. The second-order valence-corrected chi connectivity index (χ2v) is 6.17. The standard InChI is InChI=1S/C17H21N5O2/c1-13-4-5-14(10-20-13)15(23)21-11-17(24)6-2-9-22(12-17)16-18-7-3-8-19-16/h3-5,7-8,10,24H,2,6,9,11-12H2,1H3,(H,21,23)/t17-/m0/s1. The van der Waals surface area contributed by atoms with Crippen LogP contribution in [0.5, 0.6) is 0 Å². The van der Waals surface area contributed by atoms with Crippen molar-refractivity contribution in [2.75, 3.05) is 24.5 Å². The number of β-amino-alcohol motifs (C(OH)–C–C–N with tert-alkyl or cyclic N) is 1. The number of hydrogen-bond donors (Lipinski definition) is 2. The van der Waals surface area contributed by atoms with Gasteiger partial charge in [-0.3, -0.25) is 9.78 Å². The summed E-state index contributed by atoms with van der Waals surface area (Å²) in [5, 5.41) is 13.6. The molecule has 0 bridgehead atoms. The lowest BCUT2D eigenvalue weighted by Crippen LogP contribution is -2.54. The van der Waals surface area contributed by atoms with Crippen molar-refractivity contribution in [3.63, 3.8) is 0 Å². The van der Waals surface area contributed by atoms with Gasteiger partial charge in [0.25, 0.3) is 5.91 Å². The predicted molar refractivity (Wildman–Crippen MR) is 89.7 cm³/mol. The average Bonchev–Trinajstić information content (AvgIpc) is 2.61. The van der Waals surface area contributed by atoms with Gasteiger partial charge in [-0.05, 0) is 38.0 Å². The number of aryl methyl sites for hydroxylation is 1. The zero-order chi connectivity index (χ0) is 17.0. The van der Waals surface area contributed by atoms with Crippen molar-refractivity contribution < 1.29 is 9.90 Å². The maximum atomic E-state index is 12.2. The van der Waals surface area contributed by atoms with E-state index in [0.29, 0.717) is 24.5 Å². The fourth-order valence-electron chi connectivity index (χ4n) is 2.83. The summed E-state index contributed by atoms with van der Waals surface area (Å²) in [6.45, 7) is 3.24. The molecule has 2 N–H and O–H groups in total. The van der Waals surface area contributed by atoms with Crippen molar-refractivity contribution in [1.29, 1.82) is 0 Å². The third kappa shape index (κ3) is 3.86. The van der Waals surface area contributed by atoms with Crippen LogP contribution in [0.25, 0.3) is 0 Å². The van der Waals surface area contributed by atoms with Gasteiger partial charge in [0.2, 0.25) is 5.95 Å². The van der Waals surface area contributed by atoms with Gasteiger partial charge in [0.15, 0.2) is 0 Å². The maximum Gasteiger partial charge on any atom is 0.252 e. The topological polar surface area (TPSA) is 91.2 Å². The number of anilines is 1. The smallest absolute Gasteiger partial charge is 0.252 e. The molecule has 1 amide bonds. The highest BCUT2D eigenvalue weighted by atomic mass is 16.3. The lowest BCUT2D eigenvalue weighted by Gasteiger charge is -2.39. The second-order valence-electron chi connectivity index (χ2n) is 6.17. The van der Waals surface area contributed by atoms with Crippen LogP contribution in [0, 0.1) is 6.92 Å². The zero-order valence-corrected chi connectivity index (χ0v) is 13.6. The number of carbonyl (C=O) groups excluding carboxylic acids is 1. The molecule has 7 heteroatoms. The van der Waals surface area contributed by atoms with E-state index < -0.39 is 5.60 Å². The predicted octanol–water partition coefficient (Wildman–Crippen LogP) is 0.941. The summed E-state index contributed by atoms with van der Waals surface area (Å²) in [6.07, 6.45) is 6.35. The highest BCUT2D eigenvalue weighted by Crippen LogP contribution is 2.23. The second kappa shape index (κ2) is 6.92. The van der Waals surface area contributed by atoms with E-state index in [1.165, 1.54) is 0 Å². The zero-order valence-electron chi connectivity index (χ0n) is 13.6. The van der Waals surface area contributed by atoms with E-state index in [2.05, 4.69) is 20.3 Å². The Morgan fingerprint density at radius 2 is 2.12 bits per heavy atom. The number of nitrogens with zero attached hydrogens (tertiary/aromatic N) is 4.